The first kappa shape index (κ1) is 34.2. The zero-order valence-electron chi connectivity index (χ0n) is 21.2. The van der Waals surface area contributed by atoms with Gasteiger partial charge < -0.3 is 51.8 Å². The molecule has 3 N–H and O–H groups in total. The molecule has 0 rings (SSSR count). The van der Waals surface area contributed by atoms with Crippen LogP contribution in [-0.4, -0.2) is 120 Å². The fourth-order valence-corrected chi connectivity index (χ4v) is 6.76. The molecule has 0 aliphatic rings. The summed E-state index contributed by atoms with van der Waals surface area (Å²) in [5.41, 5.74) is 5.58. The van der Waals surface area contributed by atoms with Crippen LogP contribution in [0, 0.1) is 0 Å². The van der Waals surface area contributed by atoms with Crippen molar-refractivity contribution < 1.29 is 40.8 Å². The number of nitrogens with two attached hydrogens (primary N) is 1. The zero-order valence-corrected chi connectivity index (χ0v) is 23.2. The van der Waals surface area contributed by atoms with Crippen molar-refractivity contribution in [1.82, 2.24) is 5.32 Å². The standard InChI is InChI=1S/C12H29NO6Si.C7H19NO3Si/c1-14-6-9-17-20(12-4-5-13,18-10-7-15-2)19-11-8-16-3;1-8-6-5-7-12(9-2,10-3)11-4/h4-13H2,1-3H3;8H,5-7H2,1-4H3. The van der Waals surface area contributed by atoms with Gasteiger partial charge in [-0.3, -0.25) is 0 Å². The Morgan fingerprint density at radius 2 is 1.00 bits per heavy atom. The van der Waals surface area contributed by atoms with Crippen molar-refractivity contribution in [1.29, 1.82) is 0 Å². The van der Waals surface area contributed by atoms with Gasteiger partial charge in [0.05, 0.1) is 39.6 Å². The van der Waals surface area contributed by atoms with Crippen LogP contribution in [0.2, 0.25) is 12.1 Å². The molecule has 0 aromatic heterocycles. The molecular formula is C19H48N2O9Si2. The molecule has 0 unspecified atom stereocenters. The first-order chi connectivity index (χ1) is 15.5. The molecule has 11 nitrogen and oxygen atoms in total. The molecule has 0 aliphatic heterocycles. The summed E-state index contributed by atoms with van der Waals surface area (Å²) in [7, 11) is 6.68. The maximum atomic E-state index is 5.87. The van der Waals surface area contributed by atoms with Crippen molar-refractivity contribution in [3.05, 3.63) is 0 Å². The number of rotatable bonds is 22. The maximum absolute atomic E-state index is 5.87. The minimum atomic E-state index is -2.75. The van der Waals surface area contributed by atoms with Gasteiger partial charge in [0.2, 0.25) is 0 Å². The normalized spacial score (nSPS) is 12.0. The number of hydrogen-bond donors (Lipinski definition) is 2. The predicted octanol–water partition coefficient (Wildman–Crippen LogP) is 0.737. The first-order valence-electron chi connectivity index (χ1n) is 10.9. The largest absolute Gasteiger partial charge is 0.501 e. The van der Waals surface area contributed by atoms with Crippen molar-refractivity contribution in [2.24, 2.45) is 5.73 Å². The highest BCUT2D eigenvalue weighted by molar-refractivity contribution is 6.61. The molecule has 32 heavy (non-hydrogen) atoms. The number of ether oxygens (including phenoxy) is 3. The summed E-state index contributed by atoms with van der Waals surface area (Å²) in [6.45, 7) is 4.35. The second kappa shape index (κ2) is 24.1. The summed E-state index contributed by atoms with van der Waals surface area (Å²) in [5, 5.41) is 3.07. The Hall–Kier alpha value is -0.00623. The van der Waals surface area contributed by atoms with E-state index in [4.69, 9.17) is 46.5 Å². The average molecular weight is 505 g/mol. The van der Waals surface area contributed by atoms with Crippen LogP contribution in [0.1, 0.15) is 12.8 Å². The molecule has 0 aromatic rings. The molecule has 196 valence electrons. The van der Waals surface area contributed by atoms with Crippen molar-refractivity contribution in [2.75, 3.05) is 102 Å². The molecule has 0 amide bonds. The van der Waals surface area contributed by atoms with Gasteiger partial charge in [0.15, 0.2) is 0 Å². The average Bonchev–Trinajstić information content (AvgIpc) is 2.82. The molecule has 0 saturated carbocycles. The summed E-state index contributed by atoms with van der Waals surface area (Å²) >= 11 is 0. The van der Waals surface area contributed by atoms with Gasteiger partial charge in [-0.05, 0) is 33.0 Å². The van der Waals surface area contributed by atoms with Crippen molar-refractivity contribution >= 4 is 17.6 Å². The molecule has 0 radical (unpaired) electrons. The third-order valence-corrected chi connectivity index (χ3v) is 10.1. The van der Waals surface area contributed by atoms with Crippen LogP contribution in [-0.2, 0) is 40.8 Å². The van der Waals surface area contributed by atoms with E-state index in [0.29, 0.717) is 52.2 Å². The van der Waals surface area contributed by atoms with E-state index in [9.17, 15) is 0 Å². The highest BCUT2D eigenvalue weighted by atomic mass is 28.4. The zero-order chi connectivity index (χ0) is 24.6. The lowest BCUT2D eigenvalue weighted by atomic mass is 10.5. The Bertz CT molecular complexity index is 350. The van der Waals surface area contributed by atoms with E-state index in [1.54, 1.807) is 42.7 Å². The highest BCUT2D eigenvalue weighted by Crippen LogP contribution is 2.18. The predicted molar refractivity (Wildman–Crippen MR) is 128 cm³/mol. The molecule has 0 atom stereocenters. The van der Waals surface area contributed by atoms with Gasteiger partial charge in [-0.1, -0.05) is 0 Å². The topological polar surface area (TPSA) is 121 Å². The van der Waals surface area contributed by atoms with Gasteiger partial charge >= 0.3 is 17.6 Å². The molecule has 13 heteroatoms. The van der Waals surface area contributed by atoms with Crippen LogP contribution < -0.4 is 11.1 Å². The van der Waals surface area contributed by atoms with E-state index in [1.165, 1.54) is 0 Å². The summed E-state index contributed by atoms with van der Waals surface area (Å²) in [4.78, 5) is 0. The van der Waals surface area contributed by atoms with Gasteiger partial charge in [0, 0.05) is 54.7 Å². The van der Waals surface area contributed by atoms with Crippen molar-refractivity contribution in [3.8, 4) is 0 Å². The van der Waals surface area contributed by atoms with Crippen molar-refractivity contribution in [3.63, 3.8) is 0 Å². The van der Waals surface area contributed by atoms with E-state index in [2.05, 4.69) is 5.32 Å². The van der Waals surface area contributed by atoms with E-state index in [1.807, 2.05) is 7.05 Å². The van der Waals surface area contributed by atoms with Crippen LogP contribution >= 0.6 is 0 Å². The summed E-state index contributed by atoms with van der Waals surface area (Å²) in [6, 6.07) is 1.54. The van der Waals surface area contributed by atoms with Crippen LogP contribution in [0.5, 0.6) is 0 Å². The van der Waals surface area contributed by atoms with Gasteiger partial charge in [-0.2, -0.15) is 0 Å². The Kier molecular flexibility index (Phi) is 25.8. The molecule has 0 aliphatic carbocycles. The second-order valence-corrected chi connectivity index (χ2v) is 12.4. The minimum Gasteiger partial charge on any atom is -0.382 e. The molecule has 0 heterocycles. The smallest absolute Gasteiger partial charge is 0.382 e. The first-order valence-corrected chi connectivity index (χ1v) is 14.7. The number of nitrogens with one attached hydrogen (secondary N) is 1. The molecule has 0 bridgehead atoms. The fraction of sp³-hybridized carbons (Fsp3) is 1.00. The Balaban J connectivity index is 0. The summed E-state index contributed by atoms with van der Waals surface area (Å²) in [6.07, 6.45) is 1.80. The number of methoxy groups -OCH3 is 3. The molecule has 0 fully saturated rings. The van der Waals surface area contributed by atoms with Gasteiger partial charge in [0.25, 0.3) is 0 Å². The monoisotopic (exact) mass is 504 g/mol. The fourth-order valence-electron chi connectivity index (χ4n) is 2.54. The molecule has 0 spiro atoms. The lowest BCUT2D eigenvalue weighted by Crippen LogP contribution is -2.48. The SMILES string of the molecule is CNCCC[Si](OC)(OC)OC.COCCO[Si](CCCN)(OCCOC)OCCOC. The molecule has 0 aromatic carbocycles. The van der Waals surface area contributed by atoms with E-state index < -0.39 is 17.6 Å². The van der Waals surface area contributed by atoms with E-state index in [0.717, 1.165) is 25.4 Å². The Labute approximate surface area is 197 Å². The van der Waals surface area contributed by atoms with Crippen LogP contribution in [0.25, 0.3) is 0 Å². The van der Waals surface area contributed by atoms with Crippen LogP contribution in [0.4, 0.5) is 0 Å². The molecule has 0 saturated heterocycles. The lowest BCUT2D eigenvalue weighted by Gasteiger charge is -2.29. The maximum Gasteiger partial charge on any atom is 0.501 e. The minimum absolute atomic E-state index is 0.438. The quantitative estimate of drug-likeness (QED) is 0.160. The second-order valence-electron chi connectivity index (χ2n) is 6.60. The Morgan fingerprint density at radius 1 is 0.594 bits per heavy atom. The number of hydrogen-bond acceptors (Lipinski definition) is 11. The third kappa shape index (κ3) is 17.5. The summed E-state index contributed by atoms with van der Waals surface area (Å²) < 4.78 is 48.4. The van der Waals surface area contributed by atoms with E-state index in [-0.39, 0.29) is 0 Å². The van der Waals surface area contributed by atoms with Gasteiger partial charge in [-0.25, -0.2) is 0 Å². The van der Waals surface area contributed by atoms with E-state index >= 15 is 0 Å². The molecular weight excluding hydrogens is 456 g/mol. The lowest BCUT2D eigenvalue weighted by molar-refractivity contribution is 0.0144. The van der Waals surface area contributed by atoms with Crippen molar-refractivity contribution in [2.45, 2.75) is 24.9 Å². The summed E-state index contributed by atoms with van der Waals surface area (Å²) in [5.74, 6) is 0. The van der Waals surface area contributed by atoms with Crippen LogP contribution in [0.15, 0.2) is 0 Å². The van der Waals surface area contributed by atoms with Gasteiger partial charge in [0.1, 0.15) is 0 Å². The van der Waals surface area contributed by atoms with Gasteiger partial charge in [-0.15, -0.1) is 0 Å². The Morgan fingerprint density at radius 3 is 1.31 bits per heavy atom. The van der Waals surface area contributed by atoms with Crippen LogP contribution in [0.3, 0.4) is 0 Å². The third-order valence-electron chi connectivity index (χ3n) is 4.36. The highest BCUT2D eigenvalue weighted by Gasteiger charge is 2.40.